The van der Waals surface area contributed by atoms with Gasteiger partial charge in [0.15, 0.2) is 0 Å². The Hall–Kier alpha value is -0.410. The molecule has 0 heterocycles. The molecule has 0 radical (unpaired) electrons. The molecule has 0 spiro atoms. The van der Waals surface area contributed by atoms with Crippen molar-refractivity contribution in [1.82, 2.24) is 10.6 Å². The van der Waals surface area contributed by atoms with E-state index in [4.69, 9.17) is 12.2 Å². The van der Waals surface area contributed by atoms with Crippen molar-refractivity contribution in [3.05, 3.63) is 12.2 Å². The van der Waals surface area contributed by atoms with Gasteiger partial charge < -0.3 is 10.6 Å². The number of hydrogen-bond acceptors (Lipinski definition) is 2. The smallest absolute Gasteiger partial charge is 0.101 e. The van der Waals surface area contributed by atoms with E-state index in [-0.39, 0.29) is 0 Å². The van der Waals surface area contributed by atoms with Crippen LogP contribution in [0.25, 0.3) is 0 Å². The summed E-state index contributed by atoms with van der Waals surface area (Å²) in [7, 11) is 3.75. The Balaban J connectivity index is 0. The highest BCUT2D eigenvalue weighted by atomic mass is 32.1. The molecule has 0 saturated heterocycles. The second-order valence-electron chi connectivity index (χ2n) is 2.14. The first-order valence-electron chi connectivity index (χ1n) is 3.62. The van der Waals surface area contributed by atoms with Crippen molar-refractivity contribution in [1.29, 1.82) is 0 Å². The van der Waals surface area contributed by atoms with E-state index in [1.807, 2.05) is 27.9 Å². The van der Waals surface area contributed by atoms with Gasteiger partial charge in [0.25, 0.3) is 0 Å². The predicted octanol–water partition coefficient (Wildman–Crippen LogP) is 1.33. The second-order valence-corrected chi connectivity index (χ2v) is 2.55. The standard InChI is InChI=1S/C6H11NS.C2H7N/c1-4-7-6(8)5(2)3;1-3-2/h2,4H2,1,3H3,(H,7,8);3H,1-2H3. The third kappa shape index (κ3) is 12.7. The van der Waals surface area contributed by atoms with Crippen LogP contribution in [0, 0.1) is 0 Å². The van der Waals surface area contributed by atoms with Crippen molar-refractivity contribution in [2.75, 3.05) is 20.6 Å². The maximum atomic E-state index is 4.87. The fourth-order valence-electron chi connectivity index (χ4n) is 0.311. The summed E-state index contributed by atoms with van der Waals surface area (Å²) in [6.45, 7) is 8.45. The Morgan fingerprint density at radius 3 is 1.91 bits per heavy atom. The lowest BCUT2D eigenvalue weighted by molar-refractivity contribution is 0.980. The lowest BCUT2D eigenvalue weighted by Crippen LogP contribution is -2.20. The van der Waals surface area contributed by atoms with Crippen molar-refractivity contribution in [3.8, 4) is 0 Å². The highest BCUT2D eigenvalue weighted by Gasteiger charge is 1.89. The largest absolute Gasteiger partial charge is 0.376 e. The van der Waals surface area contributed by atoms with E-state index in [0.717, 1.165) is 17.1 Å². The van der Waals surface area contributed by atoms with Gasteiger partial charge in [0.1, 0.15) is 4.99 Å². The zero-order valence-corrected chi connectivity index (χ0v) is 8.64. The van der Waals surface area contributed by atoms with Gasteiger partial charge in [-0.15, -0.1) is 0 Å². The van der Waals surface area contributed by atoms with Crippen LogP contribution in [-0.4, -0.2) is 25.6 Å². The van der Waals surface area contributed by atoms with Gasteiger partial charge in [0.2, 0.25) is 0 Å². The molecule has 0 aliphatic heterocycles. The van der Waals surface area contributed by atoms with E-state index in [0.29, 0.717) is 0 Å². The van der Waals surface area contributed by atoms with Crippen LogP contribution < -0.4 is 10.6 Å². The Labute approximate surface area is 75.1 Å². The number of hydrogen-bond donors (Lipinski definition) is 2. The molecule has 0 aromatic heterocycles. The molecule has 0 aliphatic carbocycles. The lowest BCUT2D eigenvalue weighted by atomic mass is 10.3. The molecule has 0 bridgehead atoms. The van der Waals surface area contributed by atoms with Gasteiger partial charge in [0, 0.05) is 6.54 Å². The highest BCUT2D eigenvalue weighted by molar-refractivity contribution is 7.80. The van der Waals surface area contributed by atoms with Crippen molar-refractivity contribution < 1.29 is 0 Å². The molecule has 0 atom stereocenters. The topological polar surface area (TPSA) is 24.1 Å². The Morgan fingerprint density at radius 1 is 1.45 bits per heavy atom. The number of thiocarbonyl (C=S) groups is 1. The third-order valence-corrected chi connectivity index (χ3v) is 1.22. The lowest BCUT2D eigenvalue weighted by Gasteiger charge is -2.01. The third-order valence-electron chi connectivity index (χ3n) is 0.725. The van der Waals surface area contributed by atoms with Crippen LogP contribution in [0.2, 0.25) is 0 Å². The summed E-state index contributed by atoms with van der Waals surface area (Å²) in [4.78, 5) is 0.771. The van der Waals surface area contributed by atoms with Crippen molar-refractivity contribution >= 4 is 17.2 Å². The average Bonchev–Trinajstić information content (AvgIpc) is 1.90. The SMILES string of the molecule is C=C(C)C(=S)NCC.CNC. The minimum Gasteiger partial charge on any atom is -0.376 e. The van der Waals surface area contributed by atoms with E-state index in [2.05, 4.69) is 17.2 Å². The molecule has 0 saturated carbocycles. The van der Waals surface area contributed by atoms with Crippen LogP contribution in [0.15, 0.2) is 12.2 Å². The maximum Gasteiger partial charge on any atom is 0.101 e. The summed E-state index contributed by atoms with van der Waals surface area (Å²) in [5.74, 6) is 0. The quantitative estimate of drug-likeness (QED) is 0.488. The molecule has 0 amide bonds. The van der Waals surface area contributed by atoms with Gasteiger partial charge in [-0.25, -0.2) is 0 Å². The summed E-state index contributed by atoms with van der Waals surface area (Å²) in [5.41, 5.74) is 0.932. The van der Waals surface area contributed by atoms with E-state index in [9.17, 15) is 0 Å². The molecule has 0 aromatic carbocycles. The molecule has 3 heteroatoms. The molecule has 11 heavy (non-hydrogen) atoms. The van der Waals surface area contributed by atoms with Crippen LogP contribution >= 0.6 is 12.2 Å². The van der Waals surface area contributed by atoms with E-state index in [1.165, 1.54) is 0 Å². The van der Waals surface area contributed by atoms with Gasteiger partial charge in [-0.2, -0.15) is 0 Å². The first kappa shape index (κ1) is 13.2. The van der Waals surface area contributed by atoms with Crippen LogP contribution in [0.4, 0.5) is 0 Å². The number of rotatable bonds is 2. The van der Waals surface area contributed by atoms with E-state index >= 15 is 0 Å². The van der Waals surface area contributed by atoms with E-state index < -0.39 is 0 Å². The molecule has 0 aromatic rings. The maximum absolute atomic E-state index is 4.87. The number of likely N-dealkylation sites (N-methyl/N-ethyl adjacent to an activating group) is 1. The van der Waals surface area contributed by atoms with Gasteiger partial charge >= 0.3 is 0 Å². The Morgan fingerprint density at radius 2 is 1.82 bits per heavy atom. The second kappa shape index (κ2) is 9.59. The summed E-state index contributed by atoms with van der Waals surface area (Å²) < 4.78 is 0. The monoisotopic (exact) mass is 174 g/mol. The fourth-order valence-corrected chi connectivity index (χ4v) is 0.456. The molecular formula is C8H18N2S. The minimum absolute atomic E-state index is 0.771. The Kier molecular flexibility index (Phi) is 11.5. The fraction of sp³-hybridized carbons (Fsp3) is 0.625. The Bertz CT molecular complexity index is 121. The van der Waals surface area contributed by atoms with Crippen molar-refractivity contribution in [2.45, 2.75) is 13.8 Å². The van der Waals surface area contributed by atoms with Crippen molar-refractivity contribution in [2.24, 2.45) is 0 Å². The molecule has 2 nitrogen and oxygen atoms in total. The molecular weight excluding hydrogens is 156 g/mol. The van der Waals surface area contributed by atoms with Gasteiger partial charge in [-0.3, -0.25) is 0 Å². The number of nitrogens with one attached hydrogen (secondary N) is 2. The molecule has 0 unspecified atom stereocenters. The zero-order chi connectivity index (χ0) is 9.28. The minimum atomic E-state index is 0.771. The van der Waals surface area contributed by atoms with Crippen LogP contribution in [0.1, 0.15) is 13.8 Å². The molecule has 0 fully saturated rings. The molecule has 0 aliphatic rings. The summed E-state index contributed by atoms with van der Waals surface area (Å²) in [5, 5.41) is 5.73. The average molecular weight is 174 g/mol. The zero-order valence-electron chi connectivity index (χ0n) is 7.82. The van der Waals surface area contributed by atoms with Gasteiger partial charge in [0.05, 0.1) is 0 Å². The first-order chi connectivity index (χ1) is 5.09. The van der Waals surface area contributed by atoms with Crippen LogP contribution in [-0.2, 0) is 0 Å². The van der Waals surface area contributed by atoms with Crippen molar-refractivity contribution in [3.63, 3.8) is 0 Å². The first-order valence-corrected chi connectivity index (χ1v) is 4.03. The summed E-state index contributed by atoms with van der Waals surface area (Å²) >= 11 is 4.87. The van der Waals surface area contributed by atoms with Gasteiger partial charge in [-0.05, 0) is 33.5 Å². The molecule has 2 N–H and O–H groups in total. The molecule has 66 valence electrons. The van der Waals surface area contributed by atoms with Crippen LogP contribution in [0.3, 0.4) is 0 Å². The highest BCUT2D eigenvalue weighted by Crippen LogP contribution is 1.87. The summed E-state index contributed by atoms with van der Waals surface area (Å²) in [6, 6.07) is 0. The van der Waals surface area contributed by atoms with Crippen LogP contribution in [0.5, 0.6) is 0 Å². The molecule has 0 rings (SSSR count). The van der Waals surface area contributed by atoms with Gasteiger partial charge in [-0.1, -0.05) is 18.8 Å². The predicted molar refractivity (Wildman–Crippen MR) is 56.1 cm³/mol. The normalized spacial score (nSPS) is 7.64. The summed E-state index contributed by atoms with van der Waals surface area (Å²) in [6.07, 6.45) is 0. The van der Waals surface area contributed by atoms with E-state index in [1.54, 1.807) is 0 Å².